The van der Waals surface area contributed by atoms with Crippen LogP contribution in [0.3, 0.4) is 0 Å². The summed E-state index contributed by atoms with van der Waals surface area (Å²) in [6.07, 6.45) is 4.48. The third-order valence-electron chi connectivity index (χ3n) is 6.07. The van der Waals surface area contributed by atoms with Gasteiger partial charge in [-0.1, -0.05) is 0 Å². The number of oxazole rings is 1. The molecule has 0 spiro atoms. The maximum absolute atomic E-state index is 12.6. The van der Waals surface area contributed by atoms with Gasteiger partial charge in [0.1, 0.15) is 0 Å². The van der Waals surface area contributed by atoms with E-state index in [0.717, 1.165) is 34.5 Å². The number of amides is 2. The molecular formula is C21H22N4O3S. The fraction of sp³-hybridized carbons (Fsp3) is 0.429. The number of rotatable bonds is 5. The van der Waals surface area contributed by atoms with Crippen LogP contribution in [0.2, 0.25) is 0 Å². The van der Waals surface area contributed by atoms with Crippen LogP contribution in [0.15, 0.2) is 28.9 Å². The summed E-state index contributed by atoms with van der Waals surface area (Å²) >= 11 is 1.47. The highest BCUT2D eigenvalue weighted by molar-refractivity contribution is 7.20. The number of thiophene rings is 1. The van der Waals surface area contributed by atoms with Crippen molar-refractivity contribution in [1.29, 1.82) is 0 Å². The number of aryl methyl sites for hydroxylation is 2. The van der Waals surface area contributed by atoms with E-state index < -0.39 is 0 Å². The Bertz CT molecular complexity index is 1060. The van der Waals surface area contributed by atoms with Gasteiger partial charge in [0.25, 0.3) is 11.8 Å². The normalized spacial score (nSPS) is 22.7. The molecule has 1 unspecified atom stereocenters. The highest BCUT2D eigenvalue weighted by atomic mass is 32.1. The van der Waals surface area contributed by atoms with Gasteiger partial charge < -0.3 is 14.6 Å². The van der Waals surface area contributed by atoms with Crippen molar-refractivity contribution in [1.82, 2.24) is 20.2 Å². The Morgan fingerprint density at radius 1 is 1.31 bits per heavy atom. The van der Waals surface area contributed by atoms with E-state index in [1.54, 1.807) is 26.2 Å². The Morgan fingerprint density at radius 3 is 2.79 bits per heavy atom. The van der Waals surface area contributed by atoms with E-state index in [4.69, 9.17) is 4.42 Å². The fourth-order valence-electron chi connectivity index (χ4n) is 4.55. The van der Waals surface area contributed by atoms with Crippen LogP contribution in [-0.2, 0) is 0 Å². The third-order valence-corrected chi connectivity index (χ3v) is 7.15. The van der Waals surface area contributed by atoms with E-state index in [0.29, 0.717) is 41.6 Å². The number of fused-ring (bicyclic) bond motifs is 2. The average Bonchev–Trinajstić information content (AvgIpc) is 3.11. The maximum atomic E-state index is 12.6. The van der Waals surface area contributed by atoms with Gasteiger partial charge >= 0.3 is 0 Å². The monoisotopic (exact) mass is 410 g/mol. The van der Waals surface area contributed by atoms with Crippen molar-refractivity contribution in [2.45, 2.75) is 20.3 Å². The Labute approximate surface area is 172 Å². The molecule has 4 heterocycles. The van der Waals surface area contributed by atoms with Crippen LogP contribution in [0.25, 0.3) is 10.1 Å². The quantitative estimate of drug-likeness (QED) is 0.698. The second-order valence-corrected chi connectivity index (χ2v) is 9.00. The van der Waals surface area contributed by atoms with Gasteiger partial charge in [0.05, 0.1) is 15.3 Å². The Hall–Kier alpha value is -2.74. The van der Waals surface area contributed by atoms with E-state index >= 15 is 0 Å². The van der Waals surface area contributed by atoms with Crippen molar-refractivity contribution in [2.24, 2.45) is 17.8 Å². The minimum atomic E-state index is -0.0541. The fourth-order valence-corrected chi connectivity index (χ4v) is 5.50. The first kappa shape index (κ1) is 18.3. The minimum absolute atomic E-state index is 0.0232. The Morgan fingerprint density at radius 2 is 2.10 bits per heavy atom. The van der Waals surface area contributed by atoms with Crippen LogP contribution in [-0.4, -0.2) is 46.3 Å². The number of likely N-dealkylation sites (tertiary alicyclic amines) is 1. The summed E-state index contributed by atoms with van der Waals surface area (Å²) in [5, 5.41) is 4.09. The molecule has 5 rings (SSSR count). The van der Waals surface area contributed by atoms with Crippen LogP contribution in [0, 0.1) is 31.6 Å². The molecule has 1 saturated carbocycles. The van der Waals surface area contributed by atoms with Crippen LogP contribution in [0.4, 0.5) is 0 Å². The van der Waals surface area contributed by atoms with E-state index in [9.17, 15) is 9.59 Å². The predicted molar refractivity (Wildman–Crippen MR) is 109 cm³/mol. The van der Waals surface area contributed by atoms with Gasteiger partial charge in [0.2, 0.25) is 5.76 Å². The second-order valence-electron chi connectivity index (χ2n) is 7.92. The molecule has 2 amide bonds. The lowest BCUT2D eigenvalue weighted by Gasteiger charge is -2.18. The number of hydrogen-bond acceptors (Lipinski definition) is 6. The highest BCUT2D eigenvalue weighted by Gasteiger charge is 2.56. The van der Waals surface area contributed by atoms with Crippen molar-refractivity contribution in [3.05, 3.63) is 46.7 Å². The van der Waals surface area contributed by atoms with E-state index in [1.165, 1.54) is 11.3 Å². The summed E-state index contributed by atoms with van der Waals surface area (Å²) in [5.41, 5.74) is 0.657. The number of nitrogens with zero attached hydrogens (tertiary/aromatic N) is 3. The first-order chi connectivity index (χ1) is 14.0. The topological polar surface area (TPSA) is 88.3 Å². The molecule has 2 fully saturated rings. The van der Waals surface area contributed by atoms with Crippen molar-refractivity contribution in [3.8, 4) is 0 Å². The summed E-state index contributed by atoms with van der Waals surface area (Å²) in [7, 11) is 0. The van der Waals surface area contributed by atoms with Crippen LogP contribution < -0.4 is 5.32 Å². The molecule has 8 heteroatoms. The standard InChI is InChI=1S/C21H22N4O3S/c1-11-19(28-12(2)24-11)21(27)25-9-15-14(16(15)10-25)4-6-23-20(26)17-7-13-3-5-22-8-18(13)29-17/h3,5,7-8,14-16H,4,6,9-10H2,1-2H3,(H,23,26)/t14?,15-,16+. The molecular weight excluding hydrogens is 388 g/mol. The van der Waals surface area contributed by atoms with E-state index in [1.807, 2.05) is 17.0 Å². The van der Waals surface area contributed by atoms with Crippen molar-refractivity contribution < 1.29 is 14.0 Å². The number of nitrogens with one attached hydrogen (secondary N) is 1. The molecule has 0 bridgehead atoms. The smallest absolute Gasteiger partial charge is 0.291 e. The average molecular weight is 410 g/mol. The van der Waals surface area contributed by atoms with Gasteiger partial charge in [-0.2, -0.15) is 0 Å². The van der Waals surface area contributed by atoms with Gasteiger partial charge in [0.15, 0.2) is 5.89 Å². The van der Waals surface area contributed by atoms with Crippen LogP contribution in [0.1, 0.15) is 38.2 Å². The molecule has 7 nitrogen and oxygen atoms in total. The molecule has 3 aromatic heterocycles. The van der Waals surface area contributed by atoms with Crippen molar-refractivity contribution in [3.63, 3.8) is 0 Å². The summed E-state index contributed by atoms with van der Waals surface area (Å²) < 4.78 is 6.49. The number of piperidine rings is 1. The van der Waals surface area contributed by atoms with E-state index in [-0.39, 0.29) is 11.8 Å². The molecule has 3 atom stereocenters. The summed E-state index contributed by atoms with van der Waals surface area (Å²) in [4.78, 5) is 35.9. The Kier molecular flexibility index (Phi) is 4.38. The zero-order chi connectivity index (χ0) is 20.1. The molecule has 0 aromatic carbocycles. The molecule has 2 aliphatic rings. The van der Waals surface area contributed by atoms with Gasteiger partial charge in [-0.15, -0.1) is 11.3 Å². The van der Waals surface area contributed by atoms with Gasteiger partial charge in [-0.3, -0.25) is 14.6 Å². The molecule has 150 valence electrons. The molecule has 1 N–H and O–H groups in total. The lowest BCUT2D eigenvalue weighted by atomic mass is 10.2. The highest BCUT2D eigenvalue weighted by Crippen LogP contribution is 2.53. The summed E-state index contributed by atoms with van der Waals surface area (Å²) in [6.45, 7) is 5.76. The zero-order valence-electron chi connectivity index (χ0n) is 16.3. The van der Waals surface area contributed by atoms with Crippen LogP contribution in [0.5, 0.6) is 0 Å². The van der Waals surface area contributed by atoms with Gasteiger partial charge in [-0.05, 0) is 48.6 Å². The molecule has 29 heavy (non-hydrogen) atoms. The zero-order valence-corrected chi connectivity index (χ0v) is 17.2. The second kappa shape index (κ2) is 6.95. The molecule has 1 aliphatic heterocycles. The predicted octanol–water partition coefficient (Wildman–Crippen LogP) is 3.04. The van der Waals surface area contributed by atoms with Crippen molar-refractivity contribution >= 4 is 33.2 Å². The van der Waals surface area contributed by atoms with Gasteiger partial charge in [0, 0.05) is 39.0 Å². The maximum Gasteiger partial charge on any atom is 0.291 e. The number of aromatic nitrogens is 2. The lowest BCUT2D eigenvalue weighted by molar-refractivity contribution is 0.0733. The number of pyridine rings is 1. The summed E-state index contributed by atoms with van der Waals surface area (Å²) in [6, 6.07) is 3.84. The lowest BCUT2D eigenvalue weighted by Crippen LogP contribution is -2.32. The SMILES string of the molecule is Cc1nc(C)c(C(=O)N2C[C@@H]3C(CCNC(=O)c4cc5ccncc5s4)[C@@H]3C2)o1. The first-order valence-corrected chi connectivity index (χ1v) is 10.7. The summed E-state index contributed by atoms with van der Waals surface area (Å²) in [5.74, 6) is 2.48. The number of hydrogen-bond donors (Lipinski definition) is 1. The molecule has 3 aromatic rings. The van der Waals surface area contributed by atoms with Gasteiger partial charge in [-0.25, -0.2) is 4.98 Å². The molecule has 1 saturated heterocycles. The minimum Gasteiger partial charge on any atom is -0.436 e. The van der Waals surface area contributed by atoms with E-state index in [2.05, 4.69) is 15.3 Å². The molecule has 1 aliphatic carbocycles. The Balaban J connectivity index is 1.10. The third kappa shape index (κ3) is 3.31. The number of carbonyl (C=O) groups is 2. The number of carbonyl (C=O) groups excluding carboxylic acids is 2. The largest absolute Gasteiger partial charge is 0.436 e. The van der Waals surface area contributed by atoms with Crippen molar-refractivity contribution in [2.75, 3.05) is 19.6 Å². The first-order valence-electron chi connectivity index (χ1n) is 9.86. The molecule has 0 radical (unpaired) electrons. The van der Waals surface area contributed by atoms with Crippen LogP contribution >= 0.6 is 11.3 Å².